The van der Waals surface area contributed by atoms with Crippen LogP contribution in [0.1, 0.15) is 16.7 Å². The van der Waals surface area contributed by atoms with Crippen LogP contribution in [0.3, 0.4) is 0 Å². The van der Waals surface area contributed by atoms with Gasteiger partial charge in [0.2, 0.25) is 11.8 Å². The number of carbonyl (C=O) groups excluding carboxylic acids is 2. The van der Waals surface area contributed by atoms with Gasteiger partial charge in [0.25, 0.3) is 10.0 Å². The number of hydrogen-bond acceptors (Lipinski definition) is 4. The summed E-state index contributed by atoms with van der Waals surface area (Å²) in [6.45, 7) is 0.944. The van der Waals surface area contributed by atoms with Gasteiger partial charge in [0.15, 0.2) is 0 Å². The van der Waals surface area contributed by atoms with Crippen LogP contribution < -0.4 is 9.62 Å². The van der Waals surface area contributed by atoms with Crippen LogP contribution in [-0.4, -0.2) is 44.8 Å². The van der Waals surface area contributed by atoms with Gasteiger partial charge in [0, 0.05) is 40.6 Å². The van der Waals surface area contributed by atoms with E-state index in [0.29, 0.717) is 5.56 Å². The van der Waals surface area contributed by atoms with Crippen molar-refractivity contribution in [2.45, 2.75) is 30.8 Å². The van der Waals surface area contributed by atoms with Gasteiger partial charge in [0.1, 0.15) is 12.6 Å². The highest BCUT2D eigenvalue weighted by Crippen LogP contribution is 2.34. The zero-order valence-electron chi connectivity index (χ0n) is 23.8. The van der Waals surface area contributed by atoms with E-state index >= 15 is 0 Å². The van der Waals surface area contributed by atoms with Gasteiger partial charge >= 0.3 is 0 Å². The van der Waals surface area contributed by atoms with E-state index in [1.165, 1.54) is 42.3 Å². The zero-order chi connectivity index (χ0) is 32.0. The van der Waals surface area contributed by atoms with Crippen LogP contribution in [-0.2, 0) is 32.6 Å². The van der Waals surface area contributed by atoms with Gasteiger partial charge in [-0.05, 0) is 55.0 Å². The number of hydrogen-bond donors (Lipinski definition) is 1. The van der Waals surface area contributed by atoms with Crippen molar-refractivity contribution in [2.24, 2.45) is 0 Å². The molecule has 0 bridgehead atoms. The van der Waals surface area contributed by atoms with Gasteiger partial charge < -0.3 is 10.2 Å². The molecule has 1 N–H and O–H groups in total. The molecule has 0 saturated carbocycles. The number of halogens is 4. The molecule has 1 atom stereocenters. The molecule has 44 heavy (non-hydrogen) atoms. The Kier molecular flexibility index (Phi) is 11.2. The topological polar surface area (TPSA) is 86.8 Å². The Morgan fingerprint density at radius 2 is 1.45 bits per heavy atom. The molecule has 0 unspecified atom stereocenters. The Labute approximate surface area is 277 Å². The van der Waals surface area contributed by atoms with E-state index in [1.807, 2.05) is 37.3 Å². The number of carbonyl (C=O) groups is 2. The summed E-state index contributed by atoms with van der Waals surface area (Å²) in [7, 11) is -2.88. The third kappa shape index (κ3) is 7.86. The van der Waals surface area contributed by atoms with Gasteiger partial charge in [-0.25, -0.2) is 8.42 Å². The number of nitrogens with zero attached hydrogens (tertiary/aromatic N) is 2. The monoisotopic (exact) mass is 691 g/mol. The van der Waals surface area contributed by atoms with Crippen molar-refractivity contribution in [2.75, 3.05) is 17.9 Å². The lowest BCUT2D eigenvalue weighted by molar-refractivity contribution is -0.139. The lowest BCUT2D eigenvalue weighted by atomic mass is 10.0. The minimum atomic E-state index is -4.35. The first kappa shape index (κ1) is 33.6. The number of amides is 2. The number of nitrogens with one attached hydrogen (secondary N) is 1. The molecular formula is C32H29Cl4N3O4S. The molecule has 4 aromatic rings. The van der Waals surface area contributed by atoms with Crippen molar-refractivity contribution in [3.05, 3.63) is 128 Å². The molecule has 7 nitrogen and oxygen atoms in total. The Morgan fingerprint density at radius 1 is 0.818 bits per heavy atom. The second-order valence-corrected chi connectivity index (χ2v) is 13.5. The number of aryl methyl sites for hydroxylation is 1. The summed E-state index contributed by atoms with van der Waals surface area (Å²) in [5.74, 6) is -1.16. The van der Waals surface area contributed by atoms with Crippen molar-refractivity contribution in [3.8, 4) is 0 Å². The number of likely N-dealkylation sites (N-methyl/N-ethyl adjacent to an activating group) is 1. The Morgan fingerprint density at radius 3 is 2.07 bits per heavy atom. The van der Waals surface area contributed by atoms with Gasteiger partial charge in [0.05, 0.1) is 15.6 Å². The van der Waals surface area contributed by atoms with Crippen molar-refractivity contribution in [3.63, 3.8) is 0 Å². The molecule has 4 aromatic carbocycles. The number of anilines is 1. The van der Waals surface area contributed by atoms with Crippen LogP contribution in [0, 0.1) is 6.92 Å². The minimum Gasteiger partial charge on any atom is -0.357 e. The quantitative estimate of drug-likeness (QED) is 0.180. The predicted molar refractivity (Wildman–Crippen MR) is 177 cm³/mol. The van der Waals surface area contributed by atoms with Gasteiger partial charge in [-0.2, -0.15) is 0 Å². The lowest BCUT2D eigenvalue weighted by Gasteiger charge is -2.34. The average molecular weight is 693 g/mol. The fraction of sp³-hybridized carbons (Fsp3) is 0.188. The molecule has 12 heteroatoms. The molecule has 0 aliphatic rings. The molecule has 0 aliphatic carbocycles. The number of sulfonamides is 1. The molecule has 0 aliphatic heterocycles. The van der Waals surface area contributed by atoms with Crippen LogP contribution in [0.4, 0.5) is 5.69 Å². The molecule has 0 spiro atoms. The van der Waals surface area contributed by atoms with E-state index in [0.717, 1.165) is 15.4 Å². The van der Waals surface area contributed by atoms with E-state index in [2.05, 4.69) is 5.32 Å². The minimum absolute atomic E-state index is 0.00312. The maximum atomic E-state index is 14.4. The van der Waals surface area contributed by atoms with E-state index in [1.54, 1.807) is 30.3 Å². The molecule has 230 valence electrons. The standard InChI is InChI=1S/C32H29Cl4N3O4S/c1-21-11-14-24(15-12-21)44(42,43)39(29-18-23(33)13-16-28(29)36)20-31(40)38(19-25-26(34)9-6-10-27(25)35)30(32(41)37-2)17-22-7-4-3-5-8-22/h3-16,18,30H,17,19-20H2,1-2H3,(H,37,41)/t30-/m1/s1. The number of benzene rings is 4. The third-order valence-corrected chi connectivity index (χ3v) is 10.0. The summed E-state index contributed by atoms with van der Waals surface area (Å²) in [6, 6.07) is 23.6. The Bertz CT molecular complexity index is 1730. The first-order chi connectivity index (χ1) is 20.9. The van der Waals surface area contributed by atoms with Crippen LogP contribution in [0.15, 0.2) is 95.9 Å². The zero-order valence-corrected chi connectivity index (χ0v) is 27.6. The fourth-order valence-corrected chi connectivity index (χ4v) is 6.98. The summed E-state index contributed by atoms with van der Waals surface area (Å²) in [4.78, 5) is 29.0. The molecule has 0 fully saturated rings. The Hall–Kier alpha value is -3.27. The molecule has 4 rings (SSSR count). The summed E-state index contributed by atoms with van der Waals surface area (Å²) in [5, 5.41) is 3.48. The van der Waals surface area contributed by atoms with Crippen LogP contribution in [0.25, 0.3) is 0 Å². The second kappa shape index (κ2) is 14.7. The summed E-state index contributed by atoms with van der Waals surface area (Å²) >= 11 is 25.8. The smallest absolute Gasteiger partial charge is 0.264 e. The Balaban J connectivity index is 1.85. The molecular weight excluding hydrogens is 664 g/mol. The van der Waals surface area contributed by atoms with E-state index in [9.17, 15) is 18.0 Å². The summed E-state index contributed by atoms with van der Waals surface area (Å²) in [6.07, 6.45) is 0.136. The highest BCUT2D eigenvalue weighted by atomic mass is 35.5. The van der Waals surface area contributed by atoms with Crippen LogP contribution in [0.2, 0.25) is 20.1 Å². The van der Waals surface area contributed by atoms with E-state index in [-0.39, 0.29) is 43.6 Å². The van der Waals surface area contributed by atoms with Crippen molar-refractivity contribution in [1.29, 1.82) is 0 Å². The molecule has 0 heterocycles. The van der Waals surface area contributed by atoms with Crippen LogP contribution >= 0.6 is 46.4 Å². The fourth-order valence-electron chi connectivity index (χ4n) is 4.60. The second-order valence-electron chi connectivity index (χ2n) is 9.96. The molecule has 0 radical (unpaired) electrons. The van der Waals surface area contributed by atoms with Crippen molar-refractivity contribution >= 4 is 73.9 Å². The van der Waals surface area contributed by atoms with Gasteiger partial charge in [-0.1, -0.05) is 100 Å². The first-order valence-electron chi connectivity index (χ1n) is 13.4. The normalized spacial score (nSPS) is 12.0. The van der Waals surface area contributed by atoms with Gasteiger partial charge in [-0.3, -0.25) is 13.9 Å². The lowest BCUT2D eigenvalue weighted by Crippen LogP contribution is -2.53. The molecule has 0 saturated heterocycles. The number of rotatable bonds is 11. The highest BCUT2D eigenvalue weighted by Gasteiger charge is 2.35. The summed E-state index contributed by atoms with van der Waals surface area (Å²) < 4.78 is 29.1. The van der Waals surface area contributed by atoms with Crippen LogP contribution in [0.5, 0.6) is 0 Å². The van der Waals surface area contributed by atoms with E-state index in [4.69, 9.17) is 46.4 Å². The SMILES string of the molecule is CNC(=O)[C@@H](Cc1ccccc1)N(Cc1c(Cl)cccc1Cl)C(=O)CN(c1cc(Cl)ccc1Cl)S(=O)(=O)c1ccc(C)cc1. The van der Waals surface area contributed by atoms with Crippen molar-refractivity contribution < 1.29 is 18.0 Å². The average Bonchev–Trinajstić information content (AvgIpc) is 3.00. The predicted octanol–water partition coefficient (Wildman–Crippen LogP) is 7.19. The maximum Gasteiger partial charge on any atom is 0.264 e. The molecule has 0 aromatic heterocycles. The first-order valence-corrected chi connectivity index (χ1v) is 16.4. The molecule has 2 amide bonds. The summed E-state index contributed by atoms with van der Waals surface area (Å²) in [5.41, 5.74) is 2.04. The van der Waals surface area contributed by atoms with E-state index < -0.39 is 34.4 Å². The van der Waals surface area contributed by atoms with Crippen molar-refractivity contribution in [1.82, 2.24) is 10.2 Å². The highest BCUT2D eigenvalue weighted by molar-refractivity contribution is 7.92. The largest absolute Gasteiger partial charge is 0.357 e. The third-order valence-electron chi connectivity index (χ3n) is 6.97. The maximum absolute atomic E-state index is 14.4. The van der Waals surface area contributed by atoms with Gasteiger partial charge in [-0.15, -0.1) is 0 Å².